The van der Waals surface area contributed by atoms with Gasteiger partial charge in [0.05, 0.1) is 18.3 Å². The average molecular weight is 226 g/mol. The molecule has 16 heavy (non-hydrogen) atoms. The minimum absolute atomic E-state index is 0.0535. The molecule has 1 spiro atoms. The van der Waals surface area contributed by atoms with Crippen molar-refractivity contribution in [2.45, 2.75) is 44.3 Å². The predicted molar refractivity (Wildman–Crippen MR) is 60.1 cm³/mol. The van der Waals surface area contributed by atoms with Gasteiger partial charge in [-0.1, -0.05) is 6.92 Å². The summed E-state index contributed by atoms with van der Waals surface area (Å²) in [6, 6.07) is 0. The van der Waals surface area contributed by atoms with Gasteiger partial charge in [0.1, 0.15) is 0 Å². The average Bonchev–Trinajstić information content (AvgIpc) is 2.85. The predicted octanol–water partition coefficient (Wildman–Crippen LogP) is 1.59. The van der Waals surface area contributed by atoms with Gasteiger partial charge in [0.15, 0.2) is 0 Å². The highest BCUT2D eigenvalue weighted by Crippen LogP contribution is 2.47. The highest BCUT2D eigenvalue weighted by molar-refractivity contribution is 4.97. The molecule has 2 aliphatic heterocycles. The van der Waals surface area contributed by atoms with Gasteiger partial charge in [-0.3, -0.25) is 0 Å². The molecule has 5 unspecified atom stereocenters. The lowest BCUT2D eigenvalue weighted by atomic mass is 9.80. The van der Waals surface area contributed by atoms with Crippen LogP contribution in [0.25, 0.3) is 0 Å². The van der Waals surface area contributed by atoms with E-state index in [-0.39, 0.29) is 11.7 Å². The zero-order valence-electron chi connectivity index (χ0n) is 10.0. The summed E-state index contributed by atoms with van der Waals surface area (Å²) >= 11 is 0. The van der Waals surface area contributed by atoms with Gasteiger partial charge in [0.2, 0.25) is 0 Å². The van der Waals surface area contributed by atoms with Gasteiger partial charge >= 0.3 is 0 Å². The molecule has 0 aromatic heterocycles. The second kappa shape index (κ2) is 3.97. The van der Waals surface area contributed by atoms with Gasteiger partial charge in [-0.15, -0.1) is 0 Å². The van der Waals surface area contributed by atoms with Gasteiger partial charge in [0, 0.05) is 19.6 Å². The van der Waals surface area contributed by atoms with Crippen molar-refractivity contribution in [3.8, 4) is 0 Å². The van der Waals surface area contributed by atoms with Crippen LogP contribution < -0.4 is 0 Å². The van der Waals surface area contributed by atoms with Crippen LogP contribution in [0.4, 0.5) is 0 Å². The number of hydrogen-bond acceptors (Lipinski definition) is 3. The summed E-state index contributed by atoms with van der Waals surface area (Å²) in [4.78, 5) is 0. The first-order chi connectivity index (χ1) is 7.70. The van der Waals surface area contributed by atoms with E-state index in [2.05, 4.69) is 6.92 Å². The van der Waals surface area contributed by atoms with Crippen molar-refractivity contribution >= 4 is 0 Å². The third-order valence-electron chi connectivity index (χ3n) is 4.69. The van der Waals surface area contributed by atoms with Crippen molar-refractivity contribution in [1.82, 2.24) is 0 Å². The molecule has 0 bridgehead atoms. The maximum atomic E-state index is 10.3. The van der Waals surface area contributed by atoms with E-state index in [1.165, 1.54) is 6.42 Å². The van der Waals surface area contributed by atoms with E-state index < -0.39 is 0 Å². The molecule has 1 saturated carbocycles. The second-order valence-electron chi connectivity index (χ2n) is 5.95. The molecule has 3 rings (SSSR count). The Balaban J connectivity index is 1.63. The minimum Gasteiger partial charge on any atom is -0.393 e. The van der Waals surface area contributed by atoms with Gasteiger partial charge in [0.25, 0.3) is 0 Å². The SMILES string of the molecule is CC1CC1C(O)C1CCOC2(CCOC2)C1. The van der Waals surface area contributed by atoms with Crippen LogP contribution >= 0.6 is 0 Å². The molecule has 3 fully saturated rings. The van der Waals surface area contributed by atoms with Crippen molar-refractivity contribution < 1.29 is 14.6 Å². The Morgan fingerprint density at radius 2 is 2.19 bits per heavy atom. The quantitative estimate of drug-likeness (QED) is 0.777. The smallest absolute Gasteiger partial charge is 0.0940 e. The van der Waals surface area contributed by atoms with Crippen LogP contribution in [-0.4, -0.2) is 36.6 Å². The summed E-state index contributed by atoms with van der Waals surface area (Å²) in [7, 11) is 0. The van der Waals surface area contributed by atoms with Gasteiger partial charge in [-0.05, 0) is 37.0 Å². The fraction of sp³-hybridized carbons (Fsp3) is 1.00. The zero-order valence-corrected chi connectivity index (χ0v) is 10.0. The molecular weight excluding hydrogens is 204 g/mol. The van der Waals surface area contributed by atoms with Crippen LogP contribution in [0.2, 0.25) is 0 Å². The first-order valence-electron chi connectivity index (χ1n) is 6.60. The molecule has 1 aliphatic carbocycles. The summed E-state index contributed by atoms with van der Waals surface area (Å²) in [5, 5.41) is 10.3. The molecule has 3 nitrogen and oxygen atoms in total. The van der Waals surface area contributed by atoms with E-state index in [1.54, 1.807) is 0 Å². The zero-order chi connectivity index (χ0) is 11.2. The highest BCUT2D eigenvalue weighted by atomic mass is 16.6. The number of rotatable bonds is 2. The summed E-state index contributed by atoms with van der Waals surface area (Å²) < 4.78 is 11.4. The molecule has 2 saturated heterocycles. The Bertz CT molecular complexity index is 260. The number of ether oxygens (including phenoxy) is 2. The van der Waals surface area contributed by atoms with Crippen molar-refractivity contribution in [2.24, 2.45) is 17.8 Å². The molecule has 0 aromatic rings. The van der Waals surface area contributed by atoms with E-state index in [1.807, 2.05) is 0 Å². The third kappa shape index (κ3) is 1.89. The molecular formula is C13H22O3. The van der Waals surface area contributed by atoms with Crippen LogP contribution in [0, 0.1) is 17.8 Å². The molecule has 1 N–H and O–H groups in total. The molecule has 0 aromatic carbocycles. The molecule has 2 heterocycles. The van der Waals surface area contributed by atoms with E-state index in [9.17, 15) is 5.11 Å². The summed E-state index contributed by atoms with van der Waals surface area (Å²) in [6.07, 6.45) is 4.14. The summed E-state index contributed by atoms with van der Waals surface area (Å²) in [6.45, 7) is 4.59. The Kier molecular flexibility index (Phi) is 2.73. The van der Waals surface area contributed by atoms with E-state index in [4.69, 9.17) is 9.47 Å². The second-order valence-corrected chi connectivity index (χ2v) is 5.95. The van der Waals surface area contributed by atoms with Crippen LogP contribution in [0.15, 0.2) is 0 Å². The monoisotopic (exact) mass is 226 g/mol. The summed E-state index contributed by atoms with van der Waals surface area (Å²) in [5.74, 6) is 1.72. The third-order valence-corrected chi connectivity index (χ3v) is 4.69. The lowest BCUT2D eigenvalue weighted by molar-refractivity contribution is -0.119. The van der Waals surface area contributed by atoms with Crippen LogP contribution in [-0.2, 0) is 9.47 Å². The first-order valence-corrected chi connectivity index (χ1v) is 6.60. The molecule has 3 heteroatoms. The van der Waals surface area contributed by atoms with Crippen LogP contribution in [0.3, 0.4) is 0 Å². The van der Waals surface area contributed by atoms with Crippen molar-refractivity contribution in [2.75, 3.05) is 19.8 Å². The Morgan fingerprint density at radius 1 is 1.38 bits per heavy atom. The lowest BCUT2D eigenvalue weighted by Crippen LogP contribution is -2.44. The van der Waals surface area contributed by atoms with Crippen molar-refractivity contribution in [3.05, 3.63) is 0 Å². The molecule has 92 valence electrons. The first kappa shape index (κ1) is 11.0. The van der Waals surface area contributed by atoms with Gasteiger partial charge in [-0.2, -0.15) is 0 Å². The number of aliphatic hydroxyl groups excluding tert-OH is 1. The topological polar surface area (TPSA) is 38.7 Å². The number of aliphatic hydroxyl groups is 1. The molecule has 0 amide bonds. The van der Waals surface area contributed by atoms with Crippen LogP contribution in [0.1, 0.15) is 32.6 Å². The van der Waals surface area contributed by atoms with Gasteiger partial charge < -0.3 is 14.6 Å². The van der Waals surface area contributed by atoms with Crippen LogP contribution in [0.5, 0.6) is 0 Å². The lowest BCUT2D eigenvalue weighted by Gasteiger charge is -2.39. The maximum Gasteiger partial charge on any atom is 0.0940 e. The highest BCUT2D eigenvalue weighted by Gasteiger charge is 2.47. The number of hydrogen-bond donors (Lipinski definition) is 1. The van der Waals surface area contributed by atoms with E-state index in [0.717, 1.165) is 45.0 Å². The Hall–Kier alpha value is -0.120. The minimum atomic E-state index is -0.101. The largest absolute Gasteiger partial charge is 0.393 e. The standard InChI is InChI=1S/C13H22O3/c1-9-6-11(9)12(14)10-2-4-16-13(7-10)3-5-15-8-13/h9-12,14H,2-8H2,1H3. The Labute approximate surface area is 97.1 Å². The van der Waals surface area contributed by atoms with E-state index >= 15 is 0 Å². The molecule has 5 atom stereocenters. The maximum absolute atomic E-state index is 10.3. The van der Waals surface area contributed by atoms with E-state index in [0.29, 0.717) is 11.8 Å². The summed E-state index contributed by atoms with van der Waals surface area (Å²) in [5.41, 5.74) is -0.0535. The molecule has 0 radical (unpaired) electrons. The molecule has 3 aliphatic rings. The fourth-order valence-electron chi connectivity index (χ4n) is 3.40. The normalized spacial score (nSPS) is 49.5. The van der Waals surface area contributed by atoms with Crippen molar-refractivity contribution in [1.29, 1.82) is 0 Å². The van der Waals surface area contributed by atoms with Crippen molar-refractivity contribution in [3.63, 3.8) is 0 Å². The fourth-order valence-corrected chi connectivity index (χ4v) is 3.40. The van der Waals surface area contributed by atoms with Gasteiger partial charge in [-0.25, -0.2) is 0 Å². The Morgan fingerprint density at radius 3 is 2.81 bits per heavy atom.